The third-order valence-electron chi connectivity index (χ3n) is 2.64. The zero-order chi connectivity index (χ0) is 11.3. The van der Waals surface area contributed by atoms with Gasteiger partial charge in [0, 0.05) is 31.0 Å². The summed E-state index contributed by atoms with van der Waals surface area (Å²) in [4.78, 5) is 4.28. The van der Waals surface area contributed by atoms with Gasteiger partial charge < -0.3 is 9.88 Å². The second kappa shape index (κ2) is 5.91. The van der Waals surface area contributed by atoms with E-state index in [4.69, 9.17) is 0 Å². The normalized spacial score (nSPS) is 13.4. The average molecular weight is 209 g/mol. The van der Waals surface area contributed by atoms with E-state index in [2.05, 4.69) is 48.8 Å². The first-order chi connectivity index (χ1) is 7.15. The summed E-state index contributed by atoms with van der Waals surface area (Å²) < 4.78 is 2.28. The molecule has 1 aromatic heterocycles. The second-order valence-corrected chi connectivity index (χ2v) is 4.39. The van der Waals surface area contributed by atoms with Crippen LogP contribution in [0.3, 0.4) is 0 Å². The fourth-order valence-corrected chi connectivity index (χ4v) is 1.82. The highest BCUT2D eigenvalue weighted by Gasteiger charge is 2.11. The molecule has 1 N–H and O–H groups in total. The van der Waals surface area contributed by atoms with Gasteiger partial charge in [0.15, 0.2) is 0 Å². The van der Waals surface area contributed by atoms with Crippen LogP contribution in [0.5, 0.6) is 0 Å². The molecule has 3 nitrogen and oxygen atoms in total. The topological polar surface area (TPSA) is 29.9 Å². The number of imidazole rings is 1. The van der Waals surface area contributed by atoms with Gasteiger partial charge in [-0.2, -0.15) is 0 Å². The van der Waals surface area contributed by atoms with E-state index in [1.165, 1.54) is 12.8 Å². The van der Waals surface area contributed by atoms with Crippen molar-refractivity contribution in [2.75, 3.05) is 6.54 Å². The second-order valence-electron chi connectivity index (χ2n) is 4.39. The molecule has 1 heterocycles. The molecule has 86 valence electrons. The van der Waals surface area contributed by atoms with Gasteiger partial charge in [-0.25, -0.2) is 4.98 Å². The van der Waals surface area contributed by atoms with Crippen LogP contribution >= 0.6 is 0 Å². The van der Waals surface area contributed by atoms with E-state index < -0.39 is 0 Å². The maximum absolute atomic E-state index is 4.28. The molecule has 0 aliphatic heterocycles. The Morgan fingerprint density at radius 2 is 2.20 bits per heavy atom. The van der Waals surface area contributed by atoms with Crippen molar-refractivity contribution in [3.05, 3.63) is 18.2 Å². The molecule has 0 bridgehead atoms. The van der Waals surface area contributed by atoms with Gasteiger partial charge in [0.25, 0.3) is 0 Å². The summed E-state index contributed by atoms with van der Waals surface area (Å²) in [5.41, 5.74) is 0. The third kappa shape index (κ3) is 3.67. The standard InChI is InChI=1S/C12H23N3/c1-5-6-12(9-14-10(2)3)15-8-7-13-11(15)4/h7-8,10,12,14H,5-6,9H2,1-4H3. The maximum Gasteiger partial charge on any atom is 0.105 e. The van der Waals surface area contributed by atoms with E-state index in [9.17, 15) is 0 Å². The monoisotopic (exact) mass is 209 g/mol. The van der Waals surface area contributed by atoms with Crippen LogP contribution in [0.25, 0.3) is 0 Å². The highest BCUT2D eigenvalue weighted by Crippen LogP contribution is 2.14. The van der Waals surface area contributed by atoms with Gasteiger partial charge in [0.1, 0.15) is 5.82 Å². The fourth-order valence-electron chi connectivity index (χ4n) is 1.82. The molecule has 15 heavy (non-hydrogen) atoms. The predicted molar refractivity (Wildman–Crippen MR) is 64.0 cm³/mol. The lowest BCUT2D eigenvalue weighted by Crippen LogP contribution is -2.30. The molecule has 3 heteroatoms. The summed E-state index contributed by atoms with van der Waals surface area (Å²) in [6.07, 6.45) is 6.38. The molecule has 1 rings (SSSR count). The lowest BCUT2D eigenvalue weighted by atomic mass is 10.1. The van der Waals surface area contributed by atoms with Crippen LogP contribution in [0, 0.1) is 6.92 Å². The van der Waals surface area contributed by atoms with Crippen molar-refractivity contribution in [2.24, 2.45) is 0 Å². The van der Waals surface area contributed by atoms with Gasteiger partial charge in [-0.3, -0.25) is 0 Å². The number of aromatic nitrogens is 2. The Hall–Kier alpha value is -0.830. The zero-order valence-corrected chi connectivity index (χ0v) is 10.3. The highest BCUT2D eigenvalue weighted by atomic mass is 15.1. The van der Waals surface area contributed by atoms with E-state index in [0.29, 0.717) is 12.1 Å². The summed E-state index contributed by atoms with van der Waals surface area (Å²) in [5.74, 6) is 1.11. The van der Waals surface area contributed by atoms with Crippen molar-refractivity contribution in [1.82, 2.24) is 14.9 Å². The Bertz CT molecular complexity index is 278. The number of hydrogen-bond acceptors (Lipinski definition) is 2. The van der Waals surface area contributed by atoms with Gasteiger partial charge in [0.05, 0.1) is 0 Å². The number of rotatable bonds is 6. The van der Waals surface area contributed by atoms with Crippen molar-refractivity contribution in [3.8, 4) is 0 Å². The van der Waals surface area contributed by atoms with Crippen molar-refractivity contribution in [1.29, 1.82) is 0 Å². The summed E-state index contributed by atoms with van der Waals surface area (Å²) in [6, 6.07) is 1.09. The minimum atomic E-state index is 0.542. The average Bonchev–Trinajstić information content (AvgIpc) is 2.59. The van der Waals surface area contributed by atoms with Crippen LogP contribution in [0.1, 0.15) is 45.5 Å². The first-order valence-electron chi connectivity index (χ1n) is 5.88. The molecule has 1 aromatic rings. The fraction of sp³-hybridized carbons (Fsp3) is 0.750. The summed E-state index contributed by atoms with van der Waals surface area (Å²) in [5, 5.41) is 3.50. The molecule has 0 spiro atoms. The molecular formula is C12H23N3. The first kappa shape index (κ1) is 12.2. The summed E-state index contributed by atoms with van der Waals surface area (Å²) >= 11 is 0. The molecule has 0 saturated carbocycles. The molecule has 1 unspecified atom stereocenters. The van der Waals surface area contributed by atoms with Crippen LogP contribution in [-0.2, 0) is 0 Å². The van der Waals surface area contributed by atoms with Gasteiger partial charge >= 0.3 is 0 Å². The minimum Gasteiger partial charge on any atom is -0.331 e. The molecule has 0 radical (unpaired) electrons. The van der Waals surface area contributed by atoms with Crippen LogP contribution in [0.4, 0.5) is 0 Å². The SMILES string of the molecule is CCCC(CNC(C)C)n1ccnc1C. The molecule has 0 aliphatic carbocycles. The van der Waals surface area contributed by atoms with Crippen molar-refractivity contribution in [3.63, 3.8) is 0 Å². The lowest BCUT2D eigenvalue weighted by Gasteiger charge is -2.21. The predicted octanol–water partition coefficient (Wildman–Crippen LogP) is 2.53. The van der Waals surface area contributed by atoms with Gasteiger partial charge in [-0.05, 0) is 13.3 Å². The first-order valence-corrected chi connectivity index (χ1v) is 5.88. The smallest absolute Gasteiger partial charge is 0.105 e. The largest absolute Gasteiger partial charge is 0.331 e. The Morgan fingerprint density at radius 1 is 1.47 bits per heavy atom. The number of nitrogens with one attached hydrogen (secondary N) is 1. The van der Waals surface area contributed by atoms with E-state index in [1.54, 1.807) is 0 Å². The number of nitrogens with zero attached hydrogens (tertiary/aromatic N) is 2. The van der Waals surface area contributed by atoms with Crippen LogP contribution < -0.4 is 5.32 Å². The van der Waals surface area contributed by atoms with Crippen molar-refractivity contribution >= 4 is 0 Å². The summed E-state index contributed by atoms with van der Waals surface area (Å²) in [6.45, 7) is 9.70. The van der Waals surface area contributed by atoms with Crippen LogP contribution in [-0.4, -0.2) is 22.1 Å². The Kier molecular flexibility index (Phi) is 4.82. The third-order valence-corrected chi connectivity index (χ3v) is 2.64. The van der Waals surface area contributed by atoms with Gasteiger partial charge in [0.2, 0.25) is 0 Å². The van der Waals surface area contributed by atoms with Gasteiger partial charge in [-0.15, -0.1) is 0 Å². The van der Waals surface area contributed by atoms with Crippen molar-refractivity contribution in [2.45, 2.75) is 52.6 Å². The van der Waals surface area contributed by atoms with E-state index in [1.807, 2.05) is 6.20 Å². The molecule has 0 amide bonds. The van der Waals surface area contributed by atoms with E-state index in [-0.39, 0.29) is 0 Å². The lowest BCUT2D eigenvalue weighted by molar-refractivity contribution is 0.404. The molecular weight excluding hydrogens is 186 g/mol. The van der Waals surface area contributed by atoms with Crippen molar-refractivity contribution < 1.29 is 0 Å². The van der Waals surface area contributed by atoms with E-state index in [0.717, 1.165) is 12.4 Å². The molecule has 0 aromatic carbocycles. The Labute approximate surface area is 92.9 Å². The molecule has 0 saturated heterocycles. The van der Waals surface area contributed by atoms with E-state index >= 15 is 0 Å². The molecule has 0 fully saturated rings. The Morgan fingerprint density at radius 3 is 2.67 bits per heavy atom. The minimum absolute atomic E-state index is 0.542. The van der Waals surface area contributed by atoms with Gasteiger partial charge in [-0.1, -0.05) is 27.2 Å². The Balaban J connectivity index is 2.61. The number of aryl methyl sites for hydroxylation is 1. The highest BCUT2D eigenvalue weighted by molar-refractivity contribution is 4.92. The maximum atomic E-state index is 4.28. The molecule has 1 atom stereocenters. The zero-order valence-electron chi connectivity index (χ0n) is 10.3. The summed E-state index contributed by atoms with van der Waals surface area (Å²) in [7, 11) is 0. The van der Waals surface area contributed by atoms with Crippen LogP contribution in [0.2, 0.25) is 0 Å². The number of hydrogen-bond donors (Lipinski definition) is 1. The van der Waals surface area contributed by atoms with Crippen LogP contribution in [0.15, 0.2) is 12.4 Å². The quantitative estimate of drug-likeness (QED) is 0.780. The molecule has 0 aliphatic rings.